The Morgan fingerprint density at radius 3 is 1.24 bits per heavy atom. The van der Waals surface area contributed by atoms with Gasteiger partial charge in [0.1, 0.15) is 0 Å². The molecular weight excluding hydrogens is 340 g/mol. The van der Waals surface area contributed by atoms with E-state index in [1.165, 1.54) is 0 Å². The normalized spacial score (nSPS) is 49.5. The van der Waals surface area contributed by atoms with Gasteiger partial charge in [-0.15, -0.1) is 0 Å². The SMILES string of the molecule is C=C[N+]1(OC)[SiH2][N+](C)(OC)[SiH2][N+](C)(OC)[SiH2][N+](C)(OC)[SiH2]1. The minimum Gasteiger partial charge on any atom is -0.236 e. The molecule has 2 atom stereocenters. The summed E-state index contributed by atoms with van der Waals surface area (Å²) in [6, 6.07) is 0. The smallest absolute Gasteiger partial charge is 0.236 e. The van der Waals surface area contributed by atoms with Crippen molar-refractivity contribution in [2.75, 3.05) is 49.6 Å². The maximum atomic E-state index is 5.91. The molecule has 0 radical (unpaired) electrons. The van der Waals surface area contributed by atoms with Crippen LogP contribution in [0.4, 0.5) is 0 Å². The summed E-state index contributed by atoms with van der Waals surface area (Å²) in [6.07, 6.45) is 1.95. The van der Waals surface area contributed by atoms with Crippen LogP contribution >= 0.6 is 0 Å². The van der Waals surface area contributed by atoms with Crippen molar-refractivity contribution in [1.29, 1.82) is 0 Å². The highest BCUT2D eigenvalue weighted by Gasteiger charge is 2.59. The van der Waals surface area contributed by atoms with Crippen molar-refractivity contribution in [1.82, 2.24) is 0 Å². The molecule has 0 aromatic rings. The molecule has 1 heterocycles. The van der Waals surface area contributed by atoms with Gasteiger partial charge in [0.05, 0.1) is 55.8 Å². The van der Waals surface area contributed by atoms with Gasteiger partial charge in [0.25, 0.3) is 0 Å². The monoisotopic (exact) mass is 372 g/mol. The van der Waals surface area contributed by atoms with E-state index in [-0.39, 0.29) is 0 Å². The van der Waals surface area contributed by atoms with Crippen LogP contribution in [0.25, 0.3) is 0 Å². The van der Waals surface area contributed by atoms with Gasteiger partial charge in [-0.25, -0.2) is 31.3 Å². The average Bonchev–Trinajstić information content (AvgIpc) is 2.45. The number of nitrogens with zero attached hydrogens (tertiary/aromatic N) is 4. The van der Waals surface area contributed by atoms with Crippen LogP contribution in [0.2, 0.25) is 0 Å². The summed E-state index contributed by atoms with van der Waals surface area (Å²) in [5, 5.41) is 0. The van der Waals surface area contributed by atoms with Gasteiger partial charge in [0.15, 0.2) is 0 Å². The highest BCUT2D eigenvalue weighted by atomic mass is 28.4. The summed E-state index contributed by atoms with van der Waals surface area (Å²) in [4.78, 5) is 23.6. The Kier molecular flexibility index (Phi) is 6.27. The lowest BCUT2D eigenvalue weighted by Crippen LogP contribution is -2.80. The Morgan fingerprint density at radius 2 is 1.00 bits per heavy atom. The number of hydrogen-bond acceptors (Lipinski definition) is 4. The molecule has 12 heteroatoms. The highest BCUT2D eigenvalue weighted by Crippen LogP contribution is 2.22. The highest BCUT2D eigenvalue weighted by molar-refractivity contribution is 6.46. The second-order valence-electron chi connectivity index (χ2n) is 6.32. The van der Waals surface area contributed by atoms with Crippen LogP contribution in [-0.4, -0.2) is 105 Å². The van der Waals surface area contributed by atoms with Crippen molar-refractivity contribution < 1.29 is 35.3 Å². The molecule has 1 aliphatic rings. The first kappa shape index (κ1) is 19.3. The van der Waals surface area contributed by atoms with Crippen LogP contribution in [0.5, 0.6) is 0 Å². The van der Waals surface area contributed by atoms with Gasteiger partial charge in [0, 0.05) is 0 Å². The fraction of sp³-hybridized carbons (Fsp3) is 0.778. The molecule has 1 rings (SSSR count). The number of hydrogen-bond donors (Lipinski definition) is 0. The van der Waals surface area contributed by atoms with E-state index < -0.39 is 39.4 Å². The van der Waals surface area contributed by atoms with Crippen LogP contribution < -0.4 is 0 Å². The predicted molar refractivity (Wildman–Crippen MR) is 91.2 cm³/mol. The molecule has 124 valence electrons. The molecule has 21 heavy (non-hydrogen) atoms. The molecule has 1 saturated heterocycles. The van der Waals surface area contributed by atoms with Gasteiger partial charge >= 0.3 is 39.4 Å². The van der Waals surface area contributed by atoms with Crippen molar-refractivity contribution in [3.8, 4) is 0 Å². The zero-order chi connectivity index (χ0) is 16.4. The van der Waals surface area contributed by atoms with Crippen LogP contribution in [0.3, 0.4) is 0 Å². The lowest BCUT2D eigenvalue weighted by atomic mass is 11.1. The first-order valence-electron chi connectivity index (χ1n) is 6.90. The quantitative estimate of drug-likeness (QED) is 0.470. The first-order chi connectivity index (χ1) is 9.63. The predicted octanol–water partition coefficient (Wildman–Crippen LogP) is -3.46. The maximum Gasteiger partial charge on any atom is 0.534 e. The summed E-state index contributed by atoms with van der Waals surface area (Å²) in [6.45, 7) is 4.04. The summed E-state index contributed by atoms with van der Waals surface area (Å²) >= 11 is 0. The zero-order valence-corrected chi connectivity index (χ0v) is 20.2. The summed E-state index contributed by atoms with van der Waals surface area (Å²) < 4.78 is 2.62. The van der Waals surface area contributed by atoms with Gasteiger partial charge in [-0.2, -0.15) is 3.98 Å². The molecule has 0 bridgehead atoms. The van der Waals surface area contributed by atoms with Gasteiger partial charge in [-0.3, -0.25) is 0 Å². The largest absolute Gasteiger partial charge is 0.534 e. The number of quaternary nitrogens is 4. The van der Waals surface area contributed by atoms with Crippen LogP contribution in [0.1, 0.15) is 0 Å². The van der Waals surface area contributed by atoms with Crippen molar-refractivity contribution >= 4 is 39.4 Å². The molecule has 1 aliphatic heterocycles. The van der Waals surface area contributed by atoms with Crippen molar-refractivity contribution in [2.24, 2.45) is 0 Å². The third kappa shape index (κ3) is 4.40. The second kappa shape index (κ2) is 6.81. The number of rotatable bonds is 5. The van der Waals surface area contributed by atoms with Gasteiger partial charge < -0.3 is 0 Å². The van der Waals surface area contributed by atoms with E-state index in [4.69, 9.17) is 19.4 Å². The summed E-state index contributed by atoms with van der Waals surface area (Å²) in [5.74, 6) is 0. The van der Waals surface area contributed by atoms with Crippen LogP contribution in [0.15, 0.2) is 12.8 Å². The maximum absolute atomic E-state index is 5.91. The fourth-order valence-corrected chi connectivity index (χ4v) is 23.3. The lowest BCUT2D eigenvalue weighted by Gasteiger charge is -2.47. The van der Waals surface area contributed by atoms with Crippen LogP contribution in [-0.2, 0) is 19.4 Å². The lowest BCUT2D eigenvalue weighted by molar-refractivity contribution is -1.09. The molecular formula is C9H32N4O4Si4+4. The number of hydroxylamine groups is 4. The summed E-state index contributed by atoms with van der Waals surface area (Å²) in [7, 11) is 10.6. The Balaban J connectivity index is 3.28. The van der Waals surface area contributed by atoms with Gasteiger partial charge in [-0.05, 0) is 6.58 Å². The zero-order valence-electron chi connectivity index (χ0n) is 14.5. The van der Waals surface area contributed by atoms with E-state index in [1.807, 2.05) is 6.20 Å². The van der Waals surface area contributed by atoms with Crippen molar-refractivity contribution in [2.45, 2.75) is 0 Å². The first-order valence-corrected chi connectivity index (χ1v) is 12.0. The second-order valence-corrected chi connectivity index (χ2v) is 21.2. The fourth-order valence-electron chi connectivity index (χ4n) is 3.11. The van der Waals surface area contributed by atoms with Crippen molar-refractivity contribution in [3.63, 3.8) is 0 Å². The standard InChI is InChI=1S/C9H32N4O4Si4/c1-9-13(17-8)20-11(3,15-6)18-10(2,14-5)19-12(4,16-7)21-13/h9H,1,18-21H2,2-8H3/q+4. The minimum absolute atomic E-state index is 0.568. The van der Waals surface area contributed by atoms with Crippen LogP contribution in [0, 0.1) is 0 Å². The Morgan fingerprint density at radius 1 is 0.667 bits per heavy atom. The topological polar surface area (TPSA) is 36.9 Å². The van der Waals surface area contributed by atoms with E-state index in [0.29, 0.717) is 15.9 Å². The molecule has 0 N–H and O–H groups in total. The van der Waals surface area contributed by atoms with E-state index in [1.54, 1.807) is 28.4 Å². The minimum atomic E-state index is -0.813. The Labute approximate surface area is 137 Å². The molecule has 8 nitrogen and oxygen atoms in total. The third-order valence-corrected chi connectivity index (χ3v) is 16.2. The van der Waals surface area contributed by atoms with E-state index >= 15 is 0 Å². The molecule has 1 fully saturated rings. The van der Waals surface area contributed by atoms with Gasteiger partial charge in [0.2, 0.25) is 0 Å². The van der Waals surface area contributed by atoms with E-state index in [0.717, 1.165) is 0 Å². The third-order valence-electron chi connectivity index (χ3n) is 4.29. The average molecular weight is 373 g/mol. The molecule has 0 saturated carbocycles. The van der Waals surface area contributed by atoms with Crippen molar-refractivity contribution in [3.05, 3.63) is 12.8 Å². The van der Waals surface area contributed by atoms with E-state index in [2.05, 4.69) is 27.7 Å². The Bertz CT molecular complexity index is 371. The molecule has 0 aliphatic carbocycles. The van der Waals surface area contributed by atoms with E-state index in [9.17, 15) is 0 Å². The summed E-state index contributed by atoms with van der Waals surface area (Å²) in [5.41, 5.74) is 0. The molecule has 0 spiro atoms. The Hall–Kier alpha value is 0.288. The molecule has 0 amide bonds. The molecule has 0 aromatic heterocycles. The van der Waals surface area contributed by atoms with Gasteiger partial charge in [-0.1, -0.05) is 0 Å². The molecule has 0 aromatic carbocycles. The molecule has 2 unspecified atom stereocenters.